The van der Waals surface area contributed by atoms with Gasteiger partial charge < -0.3 is 9.47 Å². The third kappa shape index (κ3) is 4.25. The summed E-state index contributed by atoms with van der Waals surface area (Å²) in [6.45, 7) is 0. The van der Waals surface area contributed by atoms with Gasteiger partial charge in [-0.3, -0.25) is 0 Å². The van der Waals surface area contributed by atoms with E-state index >= 15 is 0 Å². The SMILES string of the molecule is c1ccc(N(c2ccc3c4ccccc4c4ccccc4c3c2)c2ccc3c4ccccc4n(-c4cc5ccccc5c5ccccc45)c3c2)cc1. The third-order valence-electron chi connectivity index (χ3n) is 10.9. The molecule has 0 atom stereocenters. The number of hydrogen-bond acceptors (Lipinski definition) is 1. The third-order valence-corrected chi connectivity index (χ3v) is 10.9. The first-order valence-corrected chi connectivity index (χ1v) is 17.9. The van der Waals surface area contributed by atoms with E-state index < -0.39 is 0 Å². The quantitative estimate of drug-likeness (QED) is 0.171. The highest BCUT2D eigenvalue weighted by Gasteiger charge is 2.20. The van der Waals surface area contributed by atoms with Crippen molar-refractivity contribution in [1.82, 2.24) is 4.57 Å². The van der Waals surface area contributed by atoms with E-state index in [0.717, 1.165) is 17.1 Å². The van der Waals surface area contributed by atoms with Crippen LogP contribution in [-0.4, -0.2) is 4.57 Å². The summed E-state index contributed by atoms with van der Waals surface area (Å²) in [4.78, 5) is 2.41. The summed E-state index contributed by atoms with van der Waals surface area (Å²) in [5.74, 6) is 0. The van der Waals surface area contributed by atoms with Crippen LogP contribution in [0, 0.1) is 0 Å². The molecule has 1 heterocycles. The van der Waals surface area contributed by atoms with E-state index in [1.165, 1.54) is 81.4 Å². The molecule has 2 nitrogen and oxygen atoms in total. The highest BCUT2D eigenvalue weighted by molar-refractivity contribution is 6.26. The molecule has 11 rings (SSSR count). The van der Waals surface area contributed by atoms with Gasteiger partial charge in [-0.1, -0.05) is 146 Å². The normalized spacial score (nSPS) is 11.8. The monoisotopic (exact) mass is 660 g/mol. The molecular formula is C50H32N2. The summed E-state index contributed by atoms with van der Waals surface area (Å²) >= 11 is 0. The molecule has 0 aliphatic heterocycles. The van der Waals surface area contributed by atoms with Crippen molar-refractivity contribution < 1.29 is 0 Å². The lowest BCUT2D eigenvalue weighted by Gasteiger charge is -2.26. The number of rotatable bonds is 4. The van der Waals surface area contributed by atoms with Crippen LogP contribution in [-0.2, 0) is 0 Å². The van der Waals surface area contributed by atoms with Crippen molar-refractivity contribution in [2.75, 3.05) is 4.90 Å². The topological polar surface area (TPSA) is 8.17 Å². The second-order valence-electron chi connectivity index (χ2n) is 13.7. The molecule has 0 aliphatic rings. The van der Waals surface area contributed by atoms with E-state index in [1.54, 1.807) is 0 Å². The van der Waals surface area contributed by atoms with Crippen LogP contribution in [0.25, 0.3) is 81.4 Å². The molecule has 11 aromatic rings. The van der Waals surface area contributed by atoms with Gasteiger partial charge in [0.2, 0.25) is 0 Å². The molecule has 10 aromatic carbocycles. The van der Waals surface area contributed by atoms with Crippen LogP contribution in [0.1, 0.15) is 0 Å². The van der Waals surface area contributed by atoms with Crippen molar-refractivity contribution in [2.24, 2.45) is 0 Å². The Kier molecular flexibility index (Phi) is 6.28. The van der Waals surface area contributed by atoms with Crippen molar-refractivity contribution in [1.29, 1.82) is 0 Å². The summed E-state index contributed by atoms with van der Waals surface area (Å²) in [6.07, 6.45) is 0. The van der Waals surface area contributed by atoms with E-state index in [1.807, 2.05) is 0 Å². The minimum absolute atomic E-state index is 1.11. The molecule has 0 spiro atoms. The van der Waals surface area contributed by atoms with Gasteiger partial charge in [0, 0.05) is 33.2 Å². The minimum Gasteiger partial charge on any atom is -0.310 e. The molecule has 0 radical (unpaired) electrons. The van der Waals surface area contributed by atoms with E-state index in [9.17, 15) is 0 Å². The molecule has 0 amide bonds. The molecule has 0 unspecified atom stereocenters. The second kappa shape index (κ2) is 11.3. The molecule has 0 saturated heterocycles. The smallest absolute Gasteiger partial charge is 0.0562 e. The highest BCUT2D eigenvalue weighted by atomic mass is 15.1. The summed E-state index contributed by atoms with van der Waals surface area (Å²) in [7, 11) is 0. The zero-order valence-electron chi connectivity index (χ0n) is 28.4. The fourth-order valence-electron chi connectivity index (χ4n) is 8.64. The number of benzene rings is 10. The second-order valence-corrected chi connectivity index (χ2v) is 13.7. The first-order chi connectivity index (χ1) is 25.8. The van der Waals surface area contributed by atoms with Gasteiger partial charge in [0.05, 0.1) is 16.7 Å². The average molecular weight is 661 g/mol. The Bertz CT molecular complexity index is 3150. The van der Waals surface area contributed by atoms with Crippen molar-refractivity contribution >= 4 is 92.7 Å². The summed E-state index contributed by atoms with van der Waals surface area (Å²) < 4.78 is 2.48. The predicted molar refractivity (Wildman–Crippen MR) is 223 cm³/mol. The van der Waals surface area contributed by atoms with Crippen molar-refractivity contribution in [2.45, 2.75) is 0 Å². The van der Waals surface area contributed by atoms with Crippen molar-refractivity contribution in [3.05, 3.63) is 194 Å². The first-order valence-electron chi connectivity index (χ1n) is 17.9. The molecule has 0 fully saturated rings. The Labute approximate surface area is 301 Å². The molecule has 1 aromatic heterocycles. The van der Waals surface area contributed by atoms with E-state index in [0.29, 0.717) is 0 Å². The minimum atomic E-state index is 1.11. The standard InChI is InChI=1S/C50H32N2/c1-2-15-34(16-3-1)51(35-26-28-43-41-21-7-6-19-39(41)40-20-8-9-22-42(40)47(43)31-35)36-27-29-46-45-24-12-13-25-48(45)52(50(46)32-36)49-30-33-14-4-5-17-37(33)38-18-10-11-23-44(38)49/h1-32H. The van der Waals surface area contributed by atoms with Crippen LogP contribution >= 0.6 is 0 Å². The summed E-state index contributed by atoms with van der Waals surface area (Å²) in [5.41, 5.74) is 6.91. The Hall–Kier alpha value is -6.90. The number of para-hydroxylation sites is 2. The summed E-state index contributed by atoms with van der Waals surface area (Å²) in [5, 5.41) is 15.1. The fraction of sp³-hybridized carbons (Fsp3) is 0. The maximum atomic E-state index is 2.48. The van der Waals surface area contributed by atoms with Gasteiger partial charge in [0.15, 0.2) is 0 Å². The Morgan fingerprint density at radius 1 is 0.269 bits per heavy atom. The Morgan fingerprint density at radius 2 is 0.731 bits per heavy atom. The highest BCUT2D eigenvalue weighted by Crippen LogP contribution is 2.43. The molecule has 0 saturated carbocycles. The average Bonchev–Trinajstić information content (AvgIpc) is 3.54. The zero-order valence-corrected chi connectivity index (χ0v) is 28.4. The van der Waals surface area contributed by atoms with Gasteiger partial charge in [-0.25, -0.2) is 0 Å². The predicted octanol–water partition coefficient (Wildman–Crippen LogP) is 14.0. The van der Waals surface area contributed by atoms with Gasteiger partial charge in [-0.15, -0.1) is 0 Å². The molecule has 242 valence electrons. The number of aromatic nitrogens is 1. The molecule has 2 heteroatoms. The lowest BCUT2D eigenvalue weighted by Crippen LogP contribution is -2.10. The Balaban J connectivity index is 1.21. The van der Waals surface area contributed by atoms with Crippen LogP contribution in [0.5, 0.6) is 0 Å². The fourth-order valence-corrected chi connectivity index (χ4v) is 8.64. The van der Waals surface area contributed by atoms with Crippen molar-refractivity contribution in [3.63, 3.8) is 0 Å². The van der Waals surface area contributed by atoms with Gasteiger partial charge in [-0.2, -0.15) is 0 Å². The summed E-state index contributed by atoms with van der Waals surface area (Å²) in [6, 6.07) is 71.1. The van der Waals surface area contributed by atoms with Crippen LogP contribution in [0.4, 0.5) is 17.1 Å². The van der Waals surface area contributed by atoms with E-state index in [-0.39, 0.29) is 0 Å². The first kappa shape index (κ1) is 28.9. The number of hydrogen-bond donors (Lipinski definition) is 0. The lowest BCUT2D eigenvalue weighted by molar-refractivity contribution is 1.20. The van der Waals surface area contributed by atoms with Crippen LogP contribution in [0.3, 0.4) is 0 Å². The largest absolute Gasteiger partial charge is 0.310 e. The van der Waals surface area contributed by atoms with E-state index in [4.69, 9.17) is 0 Å². The van der Waals surface area contributed by atoms with Crippen LogP contribution < -0.4 is 4.90 Å². The van der Waals surface area contributed by atoms with Gasteiger partial charge >= 0.3 is 0 Å². The van der Waals surface area contributed by atoms with Gasteiger partial charge in [0.1, 0.15) is 0 Å². The maximum absolute atomic E-state index is 2.48. The van der Waals surface area contributed by atoms with E-state index in [2.05, 4.69) is 204 Å². The van der Waals surface area contributed by atoms with Crippen molar-refractivity contribution in [3.8, 4) is 5.69 Å². The maximum Gasteiger partial charge on any atom is 0.0562 e. The molecular weight excluding hydrogens is 629 g/mol. The van der Waals surface area contributed by atoms with Crippen LogP contribution in [0.15, 0.2) is 194 Å². The lowest BCUT2D eigenvalue weighted by atomic mass is 9.94. The number of anilines is 3. The van der Waals surface area contributed by atoms with Crippen LogP contribution in [0.2, 0.25) is 0 Å². The molecule has 0 N–H and O–H groups in total. The molecule has 52 heavy (non-hydrogen) atoms. The molecule has 0 aliphatic carbocycles. The number of fused-ring (bicyclic) bond motifs is 12. The van der Waals surface area contributed by atoms with Gasteiger partial charge in [-0.05, 0) is 97.0 Å². The van der Waals surface area contributed by atoms with Gasteiger partial charge in [0.25, 0.3) is 0 Å². The Morgan fingerprint density at radius 3 is 1.42 bits per heavy atom. The number of nitrogens with zero attached hydrogens (tertiary/aromatic N) is 2. The molecule has 0 bridgehead atoms. The zero-order chi connectivity index (χ0) is 34.2.